The first-order valence-electron chi connectivity index (χ1n) is 6.52. The summed E-state index contributed by atoms with van der Waals surface area (Å²) in [5.74, 6) is 0. The van der Waals surface area contributed by atoms with Gasteiger partial charge in [0, 0.05) is 23.6 Å². The number of halogens is 1. The zero-order valence-corrected chi connectivity index (χ0v) is 13.5. The first-order chi connectivity index (χ1) is 9.20. The molecular formula is C14H19BrN2O3. The van der Waals surface area contributed by atoms with Crippen LogP contribution in [0.15, 0.2) is 22.8 Å². The Bertz CT molecular complexity index is 498. The van der Waals surface area contributed by atoms with Crippen LogP contribution in [-0.2, 0) is 10.3 Å². The Labute approximate surface area is 127 Å². The quantitative estimate of drug-likeness (QED) is 0.852. The lowest BCUT2D eigenvalue weighted by Crippen LogP contribution is -2.38. The molecule has 2 heterocycles. The van der Waals surface area contributed by atoms with Crippen LogP contribution in [0, 0.1) is 0 Å². The summed E-state index contributed by atoms with van der Waals surface area (Å²) >= 11 is 3.31. The number of carbonyl (C=O) groups is 1. The maximum Gasteiger partial charge on any atom is 0.410 e. The molecule has 2 rings (SSSR count). The first kappa shape index (κ1) is 15.3. The van der Waals surface area contributed by atoms with E-state index in [1.165, 1.54) is 4.90 Å². The summed E-state index contributed by atoms with van der Waals surface area (Å²) in [5, 5.41) is 10.6. The molecule has 1 aromatic heterocycles. The van der Waals surface area contributed by atoms with Crippen LogP contribution in [0.2, 0.25) is 0 Å². The minimum atomic E-state index is -1.10. The number of hydrogen-bond donors (Lipinski definition) is 1. The normalized spacial score (nSPS) is 22.9. The monoisotopic (exact) mass is 342 g/mol. The van der Waals surface area contributed by atoms with Gasteiger partial charge >= 0.3 is 6.09 Å². The summed E-state index contributed by atoms with van der Waals surface area (Å²) < 4.78 is 6.17. The van der Waals surface area contributed by atoms with Crippen LogP contribution in [0.1, 0.15) is 32.9 Å². The predicted molar refractivity (Wildman–Crippen MR) is 78.3 cm³/mol. The lowest BCUT2D eigenvalue weighted by atomic mass is 9.98. The second-order valence-corrected chi connectivity index (χ2v) is 6.96. The zero-order valence-electron chi connectivity index (χ0n) is 11.9. The number of nitrogens with zero attached hydrogens (tertiary/aromatic N) is 2. The molecule has 110 valence electrons. The van der Waals surface area contributed by atoms with E-state index in [2.05, 4.69) is 20.9 Å². The molecule has 1 aliphatic heterocycles. The highest BCUT2D eigenvalue weighted by atomic mass is 79.9. The number of amides is 1. The third kappa shape index (κ3) is 3.49. The summed E-state index contributed by atoms with van der Waals surface area (Å²) in [6.07, 6.45) is 1.70. The number of aromatic nitrogens is 1. The fourth-order valence-corrected chi connectivity index (χ4v) is 2.37. The van der Waals surface area contributed by atoms with Crippen LogP contribution in [-0.4, -0.2) is 39.8 Å². The SMILES string of the molecule is CC(C)(C)OC(=O)N1CCC(O)(c2ccc(Br)cn2)C1. The van der Waals surface area contributed by atoms with Gasteiger partial charge in [0.1, 0.15) is 11.2 Å². The molecule has 1 fully saturated rings. The third-order valence-electron chi connectivity index (χ3n) is 3.10. The number of rotatable bonds is 1. The molecule has 1 atom stereocenters. The number of hydrogen-bond acceptors (Lipinski definition) is 4. The number of β-amino-alcohol motifs (C(OH)–C–C–N with tert-alkyl or cyclic N) is 1. The lowest BCUT2D eigenvalue weighted by Gasteiger charge is -2.26. The standard InChI is InChI=1S/C14H19BrN2O3/c1-13(2,3)20-12(18)17-7-6-14(19,9-17)11-5-4-10(15)8-16-11/h4-5,8,19H,6-7,9H2,1-3H3. The van der Waals surface area contributed by atoms with Crippen molar-refractivity contribution >= 4 is 22.0 Å². The van der Waals surface area contributed by atoms with Crippen molar-refractivity contribution in [3.63, 3.8) is 0 Å². The van der Waals surface area contributed by atoms with Gasteiger partial charge in [0.05, 0.1) is 12.2 Å². The number of ether oxygens (including phenoxy) is 1. The van der Waals surface area contributed by atoms with Crippen molar-refractivity contribution in [1.29, 1.82) is 0 Å². The van der Waals surface area contributed by atoms with Gasteiger partial charge in [-0.2, -0.15) is 0 Å². The van der Waals surface area contributed by atoms with E-state index >= 15 is 0 Å². The van der Waals surface area contributed by atoms with E-state index in [0.29, 0.717) is 18.7 Å². The average molecular weight is 343 g/mol. The van der Waals surface area contributed by atoms with Crippen molar-refractivity contribution in [2.75, 3.05) is 13.1 Å². The van der Waals surface area contributed by atoms with E-state index in [9.17, 15) is 9.90 Å². The van der Waals surface area contributed by atoms with E-state index in [-0.39, 0.29) is 6.54 Å². The Kier molecular flexibility index (Phi) is 4.07. The Hall–Kier alpha value is -1.14. The molecule has 0 aromatic carbocycles. The predicted octanol–water partition coefficient (Wildman–Crippen LogP) is 2.67. The average Bonchev–Trinajstić information content (AvgIpc) is 2.72. The number of likely N-dealkylation sites (tertiary alicyclic amines) is 1. The minimum Gasteiger partial charge on any atom is -0.444 e. The molecule has 6 heteroatoms. The smallest absolute Gasteiger partial charge is 0.410 e. The first-order valence-corrected chi connectivity index (χ1v) is 7.31. The molecule has 5 nitrogen and oxygen atoms in total. The van der Waals surface area contributed by atoms with Gasteiger partial charge in [-0.3, -0.25) is 4.98 Å². The van der Waals surface area contributed by atoms with Gasteiger partial charge in [-0.1, -0.05) is 0 Å². The molecule has 1 N–H and O–H groups in total. The van der Waals surface area contributed by atoms with Gasteiger partial charge in [-0.05, 0) is 48.8 Å². The minimum absolute atomic E-state index is 0.205. The van der Waals surface area contributed by atoms with Crippen molar-refractivity contribution in [2.45, 2.75) is 38.4 Å². The molecule has 1 aromatic rings. The highest BCUT2D eigenvalue weighted by Gasteiger charge is 2.41. The fourth-order valence-electron chi connectivity index (χ4n) is 2.14. The molecule has 20 heavy (non-hydrogen) atoms. The molecule has 0 spiro atoms. The molecular weight excluding hydrogens is 324 g/mol. The van der Waals surface area contributed by atoms with Crippen molar-refractivity contribution in [3.05, 3.63) is 28.5 Å². The highest BCUT2D eigenvalue weighted by Crippen LogP contribution is 2.31. The summed E-state index contributed by atoms with van der Waals surface area (Å²) in [7, 11) is 0. The van der Waals surface area contributed by atoms with Crippen LogP contribution >= 0.6 is 15.9 Å². The number of pyridine rings is 1. The van der Waals surface area contributed by atoms with E-state index in [1.807, 2.05) is 26.8 Å². The number of aliphatic hydroxyl groups is 1. The Morgan fingerprint density at radius 1 is 1.50 bits per heavy atom. The molecule has 1 saturated heterocycles. The van der Waals surface area contributed by atoms with Gasteiger partial charge in [0.2, 0.25) is 0 Å². The summed E-state index contributed by atoms with van der Waals surface area (Å²) in [4.78, 5) is 17.7. The third-order valence-corrected chi connectivity index (χ3v) is 3.57. The second kappa shape index (κ2) is 5.33. The van der Waals surface area contributed by atoms with Crippen LogP contribution in [0.4, 0.5) is 4.79 Å². The van der Waals surface area contributed by atoms with Crippen molar-refractivity contribution in [3.8, 4) is 0 Å². The molecule has 1 unspecified atom stereocenters. The topological polar surface area (TPSA) is 62.7 Å². The summed E-state index contributed by atoms with van der Waals surface area (Å²) in [6.45, 7) is 6.13. The molecule has 1 amide bonds. The maximum atomic E-state index is 12.0. The molecule has 0 aliphatic carbocycles. The van der Waals surface area contributed by atoms with Gasteiger partial charge in [-0.15, -0.1) is 0 Å². The van der Waals surface area contributed by atoms with E-state index in [4.69, 9.17) is 4.74 Å². The van der Waals surface area contributed by atoms with Crippen LogP contribution in [0.5, 0.6) is 0 Å². The molecule has 0 bridgehead atoms. The fraction of sp³-hybridized carbons (Fsp3) is 0.571. The Morgan fingerprint density at radius 2 is 2.20 bits per heavy atom. The lowest BCUT2D eigenvalue weighted by molar-refractivity contribution is 0.0126. The second-order valence-electron chi connectivity index (χ2n) is 6.05. The van der Waals surface area contributed by atoms with Gasteiger partial charge < -0.3 is 14.7 Å². The van der Waals surface area contributed by atoms with E-state index in [1.54, 1.807) is 12.3 Å². The highest BCUT2D eigenvalue weighted by molar-refractivity contribution is 9.10. The molecule has 1 aliphatic rings. The number of carbonyl (C=O) groups excluding carboxylic acids is 1. The molecule has 0 saturated carbocycles. The van der Waals surface area contributed by atoms with Gasteiger partial charge in [0.15, 0.2) is 0 Å². The van der Waals surface area contributed by atoms with Crippen molar-refractivity contribution in [2.24, 2.45) is 0 Å². The Balaban J connectivity index is 2.07. The van der Waals surface area contributed by atoms with Crippen molar-refractivity contribution in [1.82, 2.24) is 9.88 Å². The summed E-state index contributed by atoms with van der Waals surface area (Å²) in [5.41, 5.74) is -1.06. The largest absolute Gasteiger partial charge is 0.444 e. The van der Waals surface area contributed by atoms with Gasteiger partial charge in [0.25, 0.3) is 0 Å². The van der Waals surface area contributed by atoms with Crippen molar-refractivity contribution < 1.29 is 14.6 Å². The summed E-state index contributed by atoms with van der Waals surface area (Å²) in [6, 6.07) is 3.60. The Morgan fingerprint density at radius 3 is 2.75 bits per heavy atom. The van der Waals surface area contributed by atoms with Crippen LogP contribution in [0.3, 0.4) is 0 Å². The van der Waals surface area contributed by atoms with Crippen LogP contribution < -0.4 is 0 Å². The van der Waals surface area contributed by atoms with Crippen LogP contribution in [0.25, 0.3) is 0 Å². The molecule has 0 radical (unpaired) electrons. The maximum absolute atomic E-state index is 12.0. The zero-order chi connectivity index (χ0) is 15.0. The van der Waals surface area contributed by atoms with E-state index in [0.717, 1.165) is 4.47 Å². The van der Waals surface area contributed by atoms with Gasteiger partial charge in [-0.25, -0.2) is 4.79 Å². The van der Waals surface area contributed by atoms with E-state index < -0.39 is 17.3 Å².